The topological polar surface area (TPSA) is 91.9 Å². The van der Waals surface area contributed by atoms with Crippen molar-refractivity contribution in [1.29, 1.82) is 0 Å². The van der Waals surface area contributed by atoms with Gasteiger partial charge in [0.15, 0.2) is 5.76 Å². The van der Waals surface area contributed by atoms with E-state index in [1.165, 1.54) is 17.9 Å². The van der Waals surface area contributed by atoms with E-state index in [2.05, 4.69) is 5.32 Å². The number of carbonyl (C=O) groups excluding carboxylic acids is 1. The van der Waals surface area contributed by atoms with Gasteiger partial charge in [-0.05, 0) is 36.4 Å². The Kier molecular flexibility index (Phi) is 5.69. The van der Waals surface area contributed by atoms with Gasteiger partial charge in [0.1, 0.15) is 23.8 Å². The third kappa shape index (κ3) is 4.17. The van der Waals surface area contributed by atoms with Crippen LogP contribution in [0.4, 0.5) is 5.69 Å². The number of hydrogen-bond donors (Lipinski definition) is 1. The molecule has 0 aliphatic rings. The van der Waals surface area contributed by atoms with Crippen molar-refractivity contribution in [2.24, 2.45) is 0 Å². The van der Waals surface area contributed by atoms with E-state index in [4.69, 9.17) is 18.6 Å². The number of hydrogen-bond acceptors (Lipinski definition) is 6. The number of nitrogens with one attached hydrogen (secondary N) is 1. The Morgan fingerprint density at radius 1 is 1.00 bits per heavy atom. The maximum absolute atomic E-state index is 12.4. The molecule has 146 valence electrons. The molecule has 3 aromatic rings. The highest BCUT2D eigenvalue weighted by Crippen LogP contribution is 2.29. The highest BCUT2D eigenvalue weighted by Gasteiger charge is 2.14. The van der Waals surface area contributed by atoms with Crippen molar-refractivity contribution in [2.45, 2.75) is 6.54 Å². The summed E-state index contributed by atoms with van der Waals surface area (Å²) < 4.78 is 21.9. The SMILES string of the molecule is COc1ccc(-c2cn(CC(=O)Nc3ccc(OC)cc3OC)c(=O)o2)cc1. The second kappa shape index (κ2) is 8.34. The minimum Gasteiger partial charge on any atom is -0.497 e. The van der Waals surface area contributed by atoms with Crippen LogP contribution in [-0.2, 0) is 11.3 Å². The second-order valence-electron chi connectivity index (χ2n) is 5.83. The molecule has 28 heavy (non-hydrogen) atoms. The van der Waals surface area contributed by atoms with Crippen LogP contribution in [0.5, 0.6) is 17.2 Å². The lowest BCUT2D eigenvalue weighted by Crippen LogP contribution is -2.24. The van der Waals surface area contributed by atoms with Gasteiger partial charge in [0.05, 0.1) is 33.2 Å². The number of anilines is 1. The van der Waals surface area contributed by atoms with Crippen molar-refractivity contribution in [3.8, 4) is 28.6 Å². The molecule has 0 aliphatic heterocycles. The van der Waals surface area contributed by atoms with Gasteiger partial charge in [-0.3, -0.25) is 9.36 Å². The van der Waals surface area contributed by atoms with E-state index in [1.807, 2.05) is 0 Å². The van der Waals surface area contributed by atoms with Crippen LogP contribution in [0, 0.1) is 0 Å². The fraction of sp³-hybridized carbons (Fsp3) is 0.200. The summed E-state index contributed by atoms with van der Waals surface area (Å²) >= 11 is 0. The lowest BCUT2D eigenvalue weighted by molar-refractivity contribution is -0.116. The fourth-order valence-corrected chi connectivity index (χ4v) is 2.62. The van der Waals surface area contributed by atoms with Crippen molar-refractivity contribution in [3.63, 3.8) is 0 Å². The number of aromatic nitrogens is 1. The molecule has 0 atom stereocenters. The number of rotatable bonds is 7. The van der Waals surface area contributed by atoms with Gasteiger partial charge in [0.2, 0.25) is 5.91 Å². The molecule has 1 heterocycles. The molecule has 1 N–H and O–H groups in total. The molecule has 2 aromatic carbocycles. The molecule has 1 amide bonds. The summed E-state index contributed by atoms with van der Waals surface area (Å²) in [6.07, 6.45) is 1.50. The molecule has 0 spiro atoms. The summed E-state index contributed by atoms with van der Waals surface area (Å²) in [5, 5.41) is 2.72. The Bertz CT molecular complexity index is 1020. The lowest BCUT2D eigenvalue weighted by Gasteiger charge is -2.11. The molecule has 8 heteroatoms. The Morgan fingerprint density at radius 3 is 2.32 bits per heavy atom. The summed E-state index contributed by atoms with van der Waals surface area (Å²) in [7, 11) is 4.60. The molecular weight excluding hydrogens is 364 g/mol. The van der Waals surface area contributed by atoms with Crippen LogP contribution >= 0.6 is 0 Å². The van der Waals surface area contributed by atoms with Gasteiger partial charge in [0, 0.05) is 11.6 Å². The zero-order valence-electron chi connectivity index (χ0n) is 15.7. The largest absolute Gasteiger partial charge is 0.497 e. The highest BCUT2D eigenvalue weighted by atomic mass is 16.5. The first-order valence-corrected chi connectivity index (χ1v) is 8.40. The van der Waals surface area contributed by atoms with Crippen molar-refractivity contribution in [3.05, 3.63) is 59.2 Å². The minimum atomic E-state index is -0.623. The molecule has 0 saturated heterocycles. The summed E-state index contributed by atoms with van der Waals surface area (Å²) in [6.45, 7) is -0.201. The monoisotopic (exact) mass is 384 g/mol. The molecule has 0 radical (unpaired) electrons. The Hall–Kier alpha value is -3.68. The second-order valence-corrected chi connectivity index (χ2v) is 5.83. The molecule has 0 unspecified atom stereocenters. The number of methoxy groups -OCH3 is 3. The van der Waals surface area contributed by atoms with E-state index >= 15 is 0 Å². The van der Waals surface area contributed by atoms with Crippen LogP contribution < -0.4 is 25.3 Å². The van der Waals surface area contributed by atoms with Gasteiger partial charge in [-0.1, -0.05) is 0 Å². The van der Waals surface area contributed by atoms with Crippen molar-refractivity contribution in [1.82, 2.24) is 4.57 Å². The third-order valence-corrected chi connectivity index (χ3v) is 4.08. The minimum absolute atomic E-state index is 0.201. The maximum Gasteiger partial charge on any atom is 0.419 e. The molecule has 0 aliphatic carbocycles. The van der Waals surface area contributed by atoms with Crippen molar-refractivity contribution in [2.75, 3.05) is 26.6 Å². The first-order chi connectivity index (χ1) is 13.5. The molecule has 0 saturated carbocycles. The maximum atomic E-state index is 12.4. The van der Waals surface area contributed by atoms with Gasteiger partial charge in [-0.2, -0.15) is 0 Å². The molecule has 3 rings (SSSR count). The van der Waals surface area contributed by atoms with E-state index < -0.39 is 11.7 Å². The Labute approximate surface area is 161 Å². The fourth-order valence-electron chi connectivity index (χ4n) is 2.62. The third-order valence-electron chi connectivity index (χ3n) is 4.08. The Morgan fingerprint density at radius 2 is 1.68 bits per heavy atom. The molecule has 1 aromatic heterocycles. The number of nitrogens with zero attached hydrogens (tertiary/aromatic N) is 1. The van der Waals surface area contributed by atoms with Gasteiger partial charge in [-0.25, -0.2) is 4.79 Å². The molecule has 0 bridgehead atoms. The number of carbonyl (C=O) groups is 1. The van der Waals surface area contributed by atoms with Gasteiger partial charge in [-0.15, -0.1) is 0 Å². The standard InChI is InChI=1S/C20H20N2O6/c1-25-14-6-4-13(5-7-14)18-11-22(20(24)28-18)12-19(23)21-16-9-8-15(26-2)10-17(16)27-3/h4-11H,12H2,1-3H3,(H,21,23). The molecular formula is C20H20N2O6. The normalized spacial score (nSPS) is 10.4. The predicted molar refractivity (Wildman–Crippen MR) is 103 cm³/mol. The highest BCUT2D eigenvalue weighted by molar-refractivity contribution is 5.92. The summed E-state index contributed by atoms with van der Waals surface area (Å²) in [5.74, 6) is 1.09. The van der Waals surface area contributed by atoms with Crippen LogP contribution in [0.1, 0.15) is 0 Å². The smallest absolute Gasteiger partial charge is 0.419 e. The zero-order valence-corrected chi connectivity index (χ0v) is 15.7. The van der Waals surface area contributed by atoms with Crippen LogP contribution in [-0.4, -0.2) is 31.8 Å². The van der Waals surface area contributed by atoms with E-state index in [0.29, 0.717) is 34.3 Å². The average Bonchev–Trinajstić information content (AvgIpc) is 3.08. The predicted octanol–water partition coefficient (Wildman–Crippen LogP) is 2.77. The summed E-state index contributed by atoms with van der Waals surface area (Å²) in [6, 6.07) is 12.1. The van der Waals surface area contributed by atoms with Crippen LogP contribution in [0.2, 0.25) is 0 Å². The van der Waals surface area contributed by atoms with Crippen molar-refractivity contribution < 1.29 is 23.4 Å². The molecule has 0 fully saturated rings. The molecule has 8 nitrogen and oxygen atoms in total. The van der Waals surface area contributed by atoms with E-state index in [-0.39, 0.29) is 6.54 Å². The quantitative estimate of drug-likeness (QED) is 0.673. The average molecular weight is 384 g/mol. The van der Waals surface area contributed by atoms with E-state index in [1.54, 1.807) is 56.7 Å². The lowest BCUT2D eigenvalue weighted by atomic mass is 10.2. The van der Waals surface area contributed by atoms with Crippen LogP contribution in [0.15, 0.2) is 57.9 Å². The number of oxazole rings is 1. The van der Waals surface area contributed by atoms with Crippen LogP contribution in [0.3, 0.4) is 0 Å². The summed E-state index contributed by atoms with van der Waals surface area (Å²) in [5.41, 5.74) is 1.18. The van der Waals surface area contributed by atoms with Crippen LogP contribution in [0.25, 0.3) is 11.3 Å². The van der Waals surface area contributed by atoms with Crippen molar-refractivity contribution >= 4 is 11.6 Å². The number of amides is 1. The van der Waals surface area contributed by atoms with Gasteiger partial charge in [0.25, 0.3) is 0 Å². The summed E-state index contributed by atoms with van der Waals surface area (Å²) in [4.78, 5) is 24.5. The van der Waals surface area contributed by atoms with E-state index in [0.717, 1.165) is 0 Å². The Balaban J connectivity index is 1.74. The van der Waals surface area contributed by atoms with Gasteiger partial charge >= 0.3 is 5.76 Å². The van der Waals surface area contributed by atoms with Gasteiger partial charge < -0.3 is 23.9 Å². The number of benzene rings is 2. The zero-order chi connectivity index (χ0) is 20.1. The van der Waals surface area contributed by atoms with E-state index in [9.17, 15) is 9.59 Å². The number of ether oxygens (including phenoxy) is 3. The first-order valence-electron chi connectivity index (χ1n) is 8.40. The first kappa shape index (κ1) is 19.1.